The fourth-order valence-corrected chi connectivity index (χ4v) is 2.64. The molecule has 0 atom stereocenters. The second-order valence-electron chi connectivity index (χ2n) is 4.40. The highest BCUT2D eigenvalue weighted by Gasteiger charge is 2.11. The number of amides is 1. The van der Waals surface area contributed by atoms with Gasteiger partial charge in [0.25, 0.3) is 0 Å². The van der Waals surface area contributed by atoms with E-state index in [1.165, 1.54) is 12.1 Å². The van der Waals surface area contributed by atoms with E-state index >= 15 is 0 Å². The number of anilines is 2. The third-order valence-corrected chi connectivity index (χ3v) is 3.94. The molecule has 1 aromatic carbocycles. The quantitative estimate of drug-likeness (QED) is 0.675. The summed E-state index contributed by atoms with van der Waals surface area (Å²) in [5.41, 5.74) is 0.940. The number of carboxylic acid groups (broad SMARTS) is 1. The predicted molar refractivity (Wildman–Crippen MR) is 79.6 cm³/mol. The van der Waals surface area contributed by atoms with Gasteiger partial charge in [-0.3, -0.25) is 14.3 Å². The van der Waals surface area contributed by atoms with Gasteiger partial charge in [0.15, 0.2) is 0 Å². The van der Waals surface area contributed by atoms with E-state index in [-0.39, 0.29) is 24.5 Å². The Morgan fingerprint density at radius 3 is 2.24 bits per heavy atom. The zero-order chi connectivity index (χ0) is 15.9. The standard InChI is InChI=1S/C13H18N2O5S/c1-2-12(16)14-10-5-7-11(8-6-10)15-21(19,20)9-3-4-13(17)18/h5-8,15H,2-4,9H2,1H3,(H,14,16)(H,17,18). The molecule has 7 nitrogen and oxygen atoms in total. The van der Waals surface area contributed by atoms with E-state index in [4.69, 9.17) is 5.11 Å². The summed E-state index contributed by atoms with van der Waals surface area (Å²) in [5, 5.41) is 11.1. The van der Waals surface area contributed by atoms with E-state index in [2.05, 4.69) is 10.0 Å². The zero-order valence-electron chi connectivity index (χ0n) is 11.6. The van der Waals surface area contributed by atoms with Crippen molar-refractivity contribution in [2.45, 2.75) is 26.2 Å². The first-order valence-electron chi connectivity index (χ1n) is 6.44. The molecule has 8 heteroatoms. The van der Waals surface area contributed by atoms with Crippen LogP contribution in [0.2, 0.25) is 0 Å². The zero-order valence-corrected chi connectivity index (χ0v) is 12.4. The van der Waals surface area contributed by atoms with Gasteiger partial charge in [0.05, 0.1) is 5.75 Å². The minimum Gasteiger partial charge on any atom is -0.481 e. The topological polar surface area (TPSA) is 113 Å². The molecule has 0 saturated heterocycles. The van der Waals surface area contributed by atoms with Crippen LogP contribution in [0.4, 0.5) is 11.4 Å². The van der Waals surface area contributed by atoms with Gasteiger partial charge in [-0.1, -0.05) is 6.92 Å². The molecule has 0 fully saturated rings. The molecule has 116 valence electrons. The summed E-state index contributed by atoms with van der Waals surface area (Å²) in [5.74, 6) is -1.41. The van der Waals surface area contributed by atoms with Crippen LogP contribution in [0.1, 0.15) is 26.2 Å². The largest absolute Gasteiger partial charge is 0.481 e. The van der Waals surface area contributed by atoms with Crippen molar-refractivity contribution in [2.75, 3.05) is 15.8 Å². The van der Waals surface area contributed by atoms with Crippen LogP contribution >= 0.6 is 0 Å². The third-order valence-electron chi connectivity index (χ3n) is 2.57. The summed E-state index contributed by atoms with van der Waals surface area (Å²) in [6.07, 6.45) is 0.218. The van der Waals surface area contributed by atoms with Gasteiger partial charge in [0, 0.05) is 24.2 Å². The number of carbonyl (C=O) groups is 2. The van der Waals surface area contributed by atoms with Gasteiger partial charge < -0.3 is 10.4 Å². The van der Waals surface area contributed by atoms with Gasteiger partial charge >= 0.3 is 5.97 Å². The molecule has 0 aliphatic rings. The second-order valence-corrected chi connectivity index (χ2v) is 6.24. The lowest BCUT2D eigenvalue weighted by Crippen LogP contribution is -2.17. The molecule has 0 saturated carbocycles. The molecule has 0 aromatic heterocycles. The van der Waals surface area contributed by atoms with E-state index in [1.54, 1.807) is 19.1 Å². The van der Waals surface area contributed by atoms with E-state index in [9.17, 15) is 18.0 Å². The molecule has 0 heterocycles. The first-order valence-corrected chi connectivity index (χ1v) is 8.10. The minimum atomic E-state index is -3.57. The van der Waals surface area contributed by atoms with Crippen LogP contribution in [0, 0.1) is 0 Å². The Hall–Kier alpha value is -2.09. The normalized spacial score (nSPS) is 10.9. The maximum atomic E-state index is 11.7. The molecular weight excluding hydrogens is 296 g/mol. The molecule has 21 heavy (non-hydrogen) atoms. The first kappa shape index (κ1) is 17.0. The highest BCUT2D eigenvalue weighted by molar-refractivity contribution is 7.92. The lowest BCUT2D eigenvalue weighted by molar-refractivity contribution is -0.137. The average molecular weight is 314 g/mol. The smallest absolute Gasteiger partial charge is 0.303 e. The van der Waals surface area contributed by atoms with Crippen molar-refractivity contribution in [1.29, 1.82) is 0 Å². The SMILES string of the molecule is CCC(=O)Nc1ccc(NS(=O)(=O)CCCC(=O)O)cc1. The summed E-state index contributed by atoms with van der Waals surface area (Å²) >= 11 is 0. The highest BCUT2D eigenvalue weighted by Crippen LogP contribution is 2.15. The molecule has 0 aliphatic carbocycles. The van der Waals surface area contributed by atoms with E-state index in [0.29, 0.717) is 17.8 Å². The molecule has 1 amide bonds. The van der Waals surface area contributed by atoms with Crippen molar-refractivity contribution in [3.8, 4) is 0 Å². The number of benzene rings is 1. The second kappa shape index (κ2) is 7.63. The number of aliphatic carboxylic acids is 1. The van der Waals surface area contributed by atoms with E-state index in [0.717, 1.165) is 0 Å². The Morgan fingerprint density at radius 2 is 1.71 bits per heavy atom. The number of sulfonamides is 1. The molecule has 0 bridgehead atoms. The van der Waals surface area contributed by atoms with Crippen LogP contribution in [0.15, 0.2) is 24.3 Å². The van der Waals surface area contributed by atoms with Gasteiger partial charge in [-0.25, -0.2) is 8.42 Å². The Labute approximate surface area is 123 Å². The van der Waals surface area contributed by atoms with Crippen LogP contribution < -0.4 is 10.0 Å². The van der Waals surface area contributed by atoms with Crippen molar-refractivity contribution in [1.82, 2.24) is 0 Å². The van der Waals surface area contributed by atoms with Gasteiger partial charge in [-0.2, -0.15) is 0 Å². The summed E-state index contributed by atoms with van der Waals surface area (Å²) < 4.78 is 25.8. The van der Waals surface area contributed by atoms with Crippen LogP contribution in [0.3, 0.4) is 0 Å². The third kappa shape index (κ3) is 6.75. The van der Waals surface area contributed by atoms with Gasteiger partial charge in [0.1, 0.15) is 0 Å². The maximum absolute atomic E-state index is 11.7. The fraction of sp³-hybridized carbons (Fsp3) is 0.385. The lowest BCUT2D eigenvalue weighted by Gasteiger charge is -2.09. The van der Waals surface area contributed by atoms with Crippen LogP contribution in [0.25, 0.3) is 0 Å². The summed E-state index contributed by atoms with van der Waals surface area (Å²) in [6.45, 7) is 1.73. The van der Waals surface area contributed by atoms with Crippen molar-refractivity contribution in [3.05, 3.63) is 24.3 Å². The molecule has 0 radical (unpaired) electrons. The Kier molecular flexibility index (Phi) is 6.16. The number of nitrogens with one attached hydrogen (secondary N) is 2. The van der Waals surface area contributed by atoms with E-state index in [1.807, 2.05) is 0 Å². The molecule has 0 spiro atoms. The monoisotopic (exact) mass is 314 g/mol. The molecule has 1 aromatic rings. The number of carboxylic acids is 1. The summed E-state index contributed by atoms with van der Waals surface area (Å²) in [6, 6.07) is 6.23. The molecular formula is C13H18N2O5S. The van der Waals surface area contributed by atoms with Crippen LogP contribution in [0.5, 0.6) is 0 Å². The number of rotatable bonds is 8. The van der Waals surface area contributed by atoms with E-state index < -0.39 is 16.0 Å². The van der Waals surface area contributed by atoms with Crippen LogP contribution in [-0.4, -0.2) is 31.2 Å². The van der Waals surface area contributed by atoms with Gasteiger partial charge in [-0.05, 0) is 30.7 Å². The fourth-order valence-electron chi connectivity index (χ4n) is 1.51. The predicted octanol–water partition coefficient (Wildman–Crippen LogP) is 1.64. The number of hydrogen-bond acceptors (Lipinski definition) is 4. The van der Waals surface area contributed by atoms with Gasteiger partial charge in [0.2, 0.25) is 15.9 Å². The lowest BCUT2D eigenvalue weighted by atomic mass is 10.3. The number of hydrogen-bond donors (Lipinski definition) is 3. The first-order chi connectivity index (χ1) is 9.82. The molecule has 0 unspecified atom stereocenters. The minimum absolute atomic E-state index is 0.0509. The molecule has 0 aliphatic heterocycles. The van der Waals surface area contributed by atoms with Crippen molar-refractivity contribution >= 4 is 33.3 Å². The Balaban J connectivity index is 2.58. The summed E-state index contributed by atoms with van der Waals surface area (Å²) in [7, 11) is -3.57. The van der Waals surface area contributed by atoms with Crippen molar-refractivity contribution in [2.24, 2.45) is 0 Å². The van der Waals surface area contributed by atoms with Gasteiger partial charge in [-0.15, -0.1) is 0 Å². The van der Waals surface area contributed by atoms with Crippen LogP contribution in [-0.2, 0) is 19.6 Å². The van der Waals surface area contributed by atoms with Crippen molar-refractivity contribution in [3.63, 3.8) is 0 Å². The highest BCUT2D eigenvalue weighted by atomic mass is 32.2. The average Bonchev–Trinajstić information content (AvgIpc) is 2.39. The molecule has 1 rings (SSSR count). The molecule has 3 N–H and O–H groups in total. The van der Waals surface area contributed by atoms with Crippen molar-refractivity contribution < 1.29 is 23.1 Å². The summed E-state index contributed by atoms with van der Waals surface area (Å²) in [4.78, 5) is 21.5. The maximum Gasteiger partial charge on any atom is 0.303 e. The Morgan fingerprint density at radius 1 is 1.14 bits per heavy atom. The Bertz CT molecular complexity index is 595. The number of carbonyl (C=O) groups excluding carboxylic acids is 1.